The smallest absolute Gasteiger partial charge is 0.343 e. The molecule has 0 aliphatic heterocycles. The Hall–Kier alpha value is -1.62. The lowest BCUT2D eigenvalue weighted by Gasteiger charge is -2.13. The summed E-state index contributed by atoms with van der Waals surface area (Å²) >= 11 is 0. The van der Waals surface area contributed by atoms with Gasteiger partial charge in [0.05, 0.1) is 7.11 Å². The predicted molar refractivity (Wildman–Crippen MR) is 50.0 cm³/mol. The third-order valence-corrected chi connectivity index (χ3v) is 1.94. The van der Waals surface area contributed by atoms with Crippen LogP contribution in [0.15, 0.2) is 24.3 Å². The molecule has 1 rings (SSSR count). The van der Waals surface area contributed by atoms with Gasteiger partial charge in [-0.1, -0.05) is 12.1 Å². The topological polar surface area (TPSA) is 66.8 Å². The van der Waals surface area contributed by atoms with Gasteiger partial charge in [-0.05, 0) is 17.7 Å². The molecule has 5 heteroatoms. The van der Waals surface area contributed by atoms with Crippen molar-refractivity contribution in [2.45, 2.75) is 12.3 Å². The van der Waals surface area contributed by atoms with Crippen molar-refractivity contribution in [3.63, 3.8) is 0 Å². The van der Waals surface area contributed by atoms with E-state index in [-0.39, 0.29) is 11.3 Å². The summed E-state index contributed by atoms with van der Waals surface area (Å²) in [6.07, 6.45) is -3.71. The van der Waals surface area contributed by atoms with Gasteiger partial charge in [-0.15, -0.1) is 0 Å². The monoisotopic (exact) mass is 214 g/mol. The standard InChI is InChI=1S/C10H11FO4/c1-15-10(14)8(11)9(13)6-2-4-7(12)5-3-6/h2-5,8-9,12-13H,1H3. The van der Waals surface area contributed by atoms with Crippen molar-refractivity contribution in [1.82, 2.24) is 0 Å². The number of methoxy groups -OCH3 is 1. The molecule has 0 aliphatic carbocycles. The number of ether oxygens (including phenoxy) is 1. The molecule has 1 aromatic carbocycles. The van der Waals surface area contributed by atoms with Crippen molar-refractivity contribution in [2.75, 3.05) is 7.11 Å². The SMILES string of the molecule is COC(=O)C(F)C(O)c1ccc(O)cc1. The van der Waals surface area contributed by atoms with Crippen LogP contribution in [0.2, 0.25) is 0 Å². The maximum atomic E-state index is 13.2. The van der Waals surface area contributed by atoms with Gasteiger partial charge in [0, 0.05) is 0 Å². The highest BCUT2D eigenvalue weighted by Gasteiger charge is 2.28. The van der Waals surface area contributed by atoms with Crippen molar-refractivity contribution >= 4 is 5.97 Å². The van der Waals surface area contributed by atoms with Gasteiger partial charge in [0.25, 0.3) is 0 Å². The lowest BCUT2D eigenvalue weighted by atomic mass is 10.1. The molecule has 0 heterocycles. The minimum atomic E-state index is -2.13. The molecule has 0 radical (unpaired) electrons. The maximum absolute atomic E-state index is 13.2. The van der Waals surface area contributed by atoms with Crippen LogP contribution in [0, 0.1) is 0 Å². The number of phenolic OH excluding ortho intramolecular Hbond substituents is 1. The summed E-state index contributed by atoms with van der Waals surface area (Å²) in [7, 11) is 1.04. The second-order valence-corrected chi connectivity index (χ2v) is 2.96. The Morgan fingerprint density at radius 2 is 1.93 bits per heavy atom. The summed E-state index contributed by atoms with van der Waals surface area (Å²) in [6.45, 7) is 0. The molecule has 0 bridgehead atoms. The summed E-state index contributed by atoms with van der Waals surface area (Å²) in [5, 5.41) is 18.4. The lowest BCUT2D eigenvalue weighted by Crippen LogP contribution is -2.24. The molecule has 1 aromatic rings. The van der Waals surface area contributed by atoms with Crippen molar-refractivity contribution in [2.24, 2.45) is 0 Å². The second kappa shape index (κ2) is 4.75. The number of benzene rings is 1. The van der Waals surface area contributed by atoms with Crippen LogP contribution in [0.5, 0.6) is 5.75 Å². The van der Waals surface area contributed by atoms with E-state index in [2.05, 4.69) is 4.74 Å². The van der Waals surface area contributed by atoms with Crippen LogP contribution in [-0.4, -0.2) is 29.5 Å². The van der Waals surface area contributed by atoms with E-state index < -0.39 is 18.2 Å². The number of halogens is 1. The zero-order valence-corrected chi connectivity index (χ0v) is 8.05. The first-order valence-corrected chi connectivity index (χ1v) is 4.25. The molecule has 0 fully saturated rings. The quantitative estimate of drug-likeness (QED) is 0.735. The second-order valence-electron chi connectivity index (χ2n) is 2.96. The van der Waals surface area contributed by atoms with E-state index in [9.17, 15) is 14.3 Å². The van der Waals surface area contributed by atoms with Gasteiger partial charge in [0.2, 0.25) is 6.17 Å². The van der Waals surface area contributed by atoms with Crippen molar-refractivity contribution in [1.29, 1.82) is 0 Å². The fourth-order valence-electron chi connectivity index (χ4n) is 1.08. The fraction of sp³-hybridized carbons (Fsp3) is 0.300. The molecular weight excluding hydrogens is 203 g/mol. The van der Waals surface area contributed by atoms with Crippen LogP contribution in [0.3, 0.4) is 0 Å². The highest BCUT2D eigenvalue weighted by molar-refractivity contribution is 5.75. The number of hydrogen-bond acceptors (Lipinski definition) is 4. The Balaban J connectivity index is 2.80. The van der Waals surface area contributed by atoms with Gasteiger partial charge >= 0.3 is 5.97 Å². The van der Waals surface area contributed by atoms with Crippen LogP contribution in [0.25, 0.3) is 0 Å². The lowest BCUT2D eigenvalue weighted by molar-refractivity contribution is -0.151. The molecule has 4 nitrogen and oxygen atoms in total. The molecular formula is C10H11FO4. The number of carbonyl (C=O) groups excluding carboxylic acids is 1. The number of carbonyl (C=O) groups is 1. The van der Waals surface area contributed by atoms with Crippen molar-refractivity contribution in [3.8, 4) is 5.75 Å². The molecule has 15 heavy (non-hydrogen) atoms. The van der Waals surface area contributed by atoms with E-state index in [0.29, 0.717) is 0 Å². The molecule has 2 unspecified atom stereocenters. The van der Waals surface area contributed by atoms with Crippen molar-refractivity contribution in [3.05, 3.63) is 29.8 Å². The number of phenols is 1. The molecule has 0 amide bonds. The van der Waals surface area contributed by atoms with Crippen LogP contribution >= 0.6 is 0 Å². The summed E-state index contributed by atoms with van der Waals surface area (Å²) in [5.41, 5.74) is 0.200. The zero-order chi connectivity index (χ0) is 11.4. The van der Waals surface area contributed by atoms with Crippen LogP contribution in [0.1, 0.15) is 11.7 Å². The number of alkyl halides is 1. The van der Waals surface area contributed by atoms with Gasteiger partial charge < -0.3 is 14.9 Å². The first-order chi connectivity index (χ1) is 7.06. The largest absolute Gasteiger partial charge is 0.508 e. The predicted octanol–water partition coefficient (Wildman–Crippen LogP) is 0.937. The highest BCUT2D eigenvalue weighted by Crippen LogP contribution is 2.22. The van der Waals surface area contributed by atoms with Crippen LogP contribution < -0.4 is 0 Å². The summed E-state index contributed by atoms with van der Waals surface area (Å²) in [6, 6.07) is 5.25. The third kappa shape index (κ3) is 2.66. The Morgan fingerprint density at radius 3 is 2.40 bits per heavy atom. The molecule has 82 valence electrons. The summed E-state index contributed by atoms with van der Waals surface area (Å²) in [5.74, 6) is -1.13. The average Bonchev–Trinajstić information content (AvgIpc) is 2.27. The Bertz CT molecular complexity index is 336. The average molecular weight is 214 g/mol. The van der Waals surface area contributed by atoms with E-state index >= 15 is 0 Å². The number of aliphatic hydroxyl groups is 1. The fourth-order valence-corrected chi connectivity index (χ4v) is 1.08. The van der Waals surface area contributed by atoms with E-state index in [4.69, 9.17) is 5.11 Å². The Kier molecular flexibility index (Phi) is 3.62. The molecule has 0 saturated heterocycles. The number of rotatable bonds is 3. The molecule has 0 saturated carbocycles. The Labute approximate surface area is 85.9 Å². The first-order valence-electron chi connectivity index (χ1n) is 4.25. The molecule has 2 N–H and O–H groups in total. The normalized spacial score (nSPS) is 14.3. The molecule has 0 spiro atoms. The summed E-state index contributed by atoms with van der Waals surface area (Å²) in [4.78, 5) is 10.8. The molecule has 2 atom stereocenters. The third-order valence-electron chi connectivity index (χ3n) is 1.94. The summed E-state index contributed by atoms with van der Waals surface area (Å²) < 4.78 is 17.3. The maximum Gasteiger partial charge on any atom is 0.343 e. The van der Waals surface area contributed by atoms with Gasteiger partial charge in [0.1, 0.15) is 11.9 Å². The van der Waals surface area contributed by atoms with Gasteiger partial charge in [0.15, 0.2) is 0 Å². The number of aliphatic hydroxyl groups excluding tert-OH is 1. The number of hydrogen-bond donors (Lipinski definition) is 2. The van der Waals surface area contributed by atoms with Gasteiger partial charge in [-0.2, -0.15) is 0 Å². The van der Waals surface area contributed by atoms with Gasteiger partial charge in [-0.25, -0.2) is 9.18 Å². The molecule has 0 aromatic heterocycles. The first kappa shape index (κ1) is 11.5. The zero-order valence-electron chi connectivity index (χ0n) is 8.05. The number of aromatic hydroxyl groups is 1. The van der Waals surface area contributed by atoms with E-state index in [0.717, 1.165) is 7.11 Å². The highest BCUT2D eigenvalue weighted by atomic mass is 19.1. The van der Waals surface area contributed by atoms with Crippen molar-refractivity contribution < 1.29 is 24.1 Å². The number of esters is 1. The van der Waals surface area contributed by atoms with Crippen LogP contribution in [-0.2, 0) is 9.53 Å². The van der Waals surface area contributed by atoms with Crippen LogP contribution in [0.4, 0.5) is 4.39 Å². The van der Waals surface area contributed by atoms with E-state index in [1.165, 1.54) is 24.3 Å². The minimum Gasteiger partial charge on any atom is -0.508 e. The van der Waals surface area contributed by atoms with Gasteiger partial charge in [-0.3, -0.25) is 0 Å². The Morgan fingerprint density at radius 1 is 1.40 bits per heavy atom. The van der Waals surface area contributed by atoms with E-state index in [1.807, 2.05) is 0 Å². The minimum absolute atomic E-state index is 0.000531. The van der Waals surface area contributed by atoms with E-state index in [1.54, 1.807) is 0 Å². The molecule has 0 aliphatic rings.